The van der Waals surface area contributed by atoms with Gasteiger partial charge in [0.25, 0.3) is 5.91 Å². The average Bonchev–Trinajstić information content (AvgIpc) is 2.40. The van der Waals surface area contributed by atoms with Crippen molar-refractivity contribution in [2.75, 3.05) is 5.32 Å². The van der Waals surface area contributed by atoms with Crippen LogP contribution in [0.15, 0.2) is 47.4 Å². The number of hydrogen-bond acceptors (Lipinski definition) is 4. The van der Waals surface area contributed by atoms with Gasteiger partial charge in [-0.25, -0.2) is 13.6 Å². The molecular weight excluding hydrogens is 292 g/mol. The number of sulfonamides is 1. The number of phenolic OH excluding ortho intramolecular Hbond substituents is 1. The Kier molecular flexibility index (Phi) is 3.97. The molecular formula is C14H14N2O4S. The first-order valence-corrected chi connectivity index (χ1v) is 7.56. The van der Waals surface area contributed by atoms with E-state index < -0.39 is 15.9 Å². The molecule has 0 aliphatic heterocycles. The van der Waals surface area contributed by atoms with Crippen LogP contribution in [-0.4, -0.2) is 19.4 Å². The van der Waals surface area contributed by atoms with Crippen molar-refractivity contribution in [2.45, 2.75) is 11.8 Å². The second-order valence-electron chi connectivity index (χ2n) is 4.49. The molecule has 0 spiro atoms. The maximum absolute atomic E-state index is 12.1. The molecule has 2 aromatic rings. The lowest BCUT2D eigenvalue weighted by Crippen LogP contribution is -2.15. The van der Waals surface area contributed by atoms with E-state index in [1.165, 1.54) is 24.3 Å². The number of phenols is 1. The van der Waals surface area contributed by atoms with Crippen molar-refractivity contribution in [3.63, 3.8) is 0 Å². The van der Waals surface area contributed by atoms with Crippen molar-refractivity contribution in [3.05, 3.63) is 53.6 Å². The third-order valence-corrected chi connectivity index (χ3v) is 3.85. The maximum Gasteiger partial charge on any atom is 0.259 e. The summed E-state index contributed by atoms with van der Waals surface area (Å²) in [5, 5.41) is 17.3. The smallest absolute Gasteiger partial charge is 0.259 e. The second kappa shape index (κ2) is 5.55. The quantitative estimate of drug-likeness (QED) is 0.800. The van der Waals surface area contributed by atoms with Crippen LogP contribution in [0.25, 0.3) is 0 Å². The van der Waals surface area contributed by atoms with E-state index in [0.29, 0.717) is 11.3 Å². The minimum Gasteiger partial charge on any atom is -0.507 e. The maximum atomic E-state index is 12.1. The van der Waals surface area contributed by atoms with Crippen LogP contribution in [-0.2, 0) is 10.0 Å². The lowest BCUT2D eigenvalue weighted by molar-refractivity contribution is 0.102. The van der Waals surface area contributed by atoms with E-state index in [9.17, 15) is 18.3 Å². The largest absolute Gasteiger partial charge is 0.507 e. The lowest BCUT2D eigenvalue weighted by atomic mass is 10.1. The Morgan fingerprint density at radius 2 is 1.86 bits per heavy atom. The van der Waals surface area contributed by atoms with E-state index >= 15 is 0 Å². The third kappa shape index (κ3) is 3.39. The highest BCUT2D eigenvalue weighted by molar-refractivity contribution is 7.89. The van der Waals surface area contributed by atoms with Crippen LogP contribution in [0.1, 0.15) is 15.9 Å². The van der Waals surface area contributed by atoms with E-state index in [0.717, 1.165) is 0 Å². The highest BCUT2D eigenvalue weighted by Gasteiger charge is 2.14. The van der Waals surface area contributed by atoms with E-state index in [1.54, 1.807) is 25.1 Å². The Morgan fingerprint density at radius 1 is 1.19 bits per heavy atom. The Balaban J connectivity index is 2.36. The molecule has 0 heterocycles. The molecule has 0 fully saturated rings. The van der Waals surface area contributed by atoms with E-state index in [1.807, 2.05) is 0 Å². The molecule has 2 aromatic carbocycles. The fraction of sp³-hybridized carbons (Fsp3) is 0.0714. The van der Waals surface area contributed by atoms with Gasteiger partial charge < -0.3 is 10.4 Å². The highest BCUT2D eigenvalue weighted by Crippen LogP contribution is 2.22. The fourth-order valence-electron chi connectivity index (χ4n) is 1.77. The number of para-hydroxylation sites is 1. The predicted octanol–water partition coefficient (Wildman–Crippen LogP) is 1.60. The normalized spacial score (nSPS) is 11.1. The van der Waals surface area contributed by atoms with Crippen LogP contribution in [0, 0.1) is 6.92 Å². The summed E-state index contributed by atoms with van der Waals surface area (Å²) >= 11 is 0. The minimum absolute atomic E-state index is 0.0953. The first kappa shape index (κ1) is 15.0. The van der Waals surface area contributed by atoms with Crippen molar-refractivity contribution in [1.82, 2.24) is 0 Å². The number of carbonyl (C=O) groups is 1. The zero-order valence-corrected chi connectivity index (χ0v) is 12.0. The predicted molar refractivity (Wildman–Crippen MR) is 78.6 cm³/mol. The molecule has 0 aromatic heterocycles. The van der Waals surface area contributed by atoms with Crippen molar-refractivity contribution < 1.29 is 18.3 Å². The van der Waals surface area contributed by atoms with Gasteiger partial charge in [-0.2, -0.15) is 0 Å². The van der Waals surface area contributed by atoms with E-state index in [-0.39, 0.29) is 16.2 Å². The summed E-state index contributed by atoms with van der Waals surface area (Å²) in [5.41, 5.74) is 1.08. The van der Waals surface area contributed by atoms with Crippen LogP contribution in [0.3, 0.4) is 0 Å². The van der Waals surface area contributed by atoms with Gasteiger partial charge in [-0.3, -0.25) is 4.79 Å². The fourth-order valence-corrected chi connectivity index (χ4v) is 2.31. The number of nitrogens with one attached hydrogen (secondary N) is 1. The second-order valence-corrected chi connectivity index (χ2v) is 6.05. The van der Waals surface area contributed by atoms with Gasteiger partial charge in [-0.15, -0.1) is 0 Å². The van der Waals surface area contributed by atoms with Crippen molar-refractivity contribution in [3.8, 4) is 5.75 Å². The van der Waals surface area contributed by atoms with Crippen molar-refractivity contribution in [1.29, 1.82) is 0 Å². The molecule has 2 rings (SSSR count). The van der Waals surface area contributed by atoms with Crippen LogP contribution < -0.4 is 10.5 Å². The Hall–Kier alpha value is -2.38. The van der Waals surface area contributed by atoms with Gasteiger partial charge in [-0.1, -0.05) is 18.2 Å². The molecule has 7 heteroatoms. The molecule has 0 unspecified atom stereocenters. The van der Waals surface area contributed by atoms with Crippen LogP contribution in [0.2, 0.25) is 0 Å². The first-order valence-electron chi connectivity index (χ1n) is 6.02. The van der Waals surface area contributed by atoms with Gasteiger partial charge in [0.2, 0.25) is 10.0 Å². The number of carbonyl (C=O) groups excluding carboxylic acids is 1. The summed E-state index contributed by atoms with van der Waals surface area (Å²) in [6.07, 6.45) is 0. The summed E-state index contributed by atoms with van der Waals surface area (Å²) in [6.45, 7) is 1.72. The van der Waals surface area contributed by atoms with Crippen LogP contribution in [0.5, 0.6) is 5.75 Å². The molecule has 0 atom stereocenters. The molecule has 1 amide bonds. The van der Waals surface area contributed by atoms with Gasteiger partial charge in [-0.05, 0) is 36.8 Å². The van der Waals surface area contributed by atoms with Gasteiger partial charge in [0.05, 0.1) is 10.5 Å². The number of nitrogens with two attached hydrogens (primary N) is 1. The van der Waals surface area contributed by atoms with Crippen molar-refractivity contribution in [2.24, 2.45) is 5.14 Å². The summed E-state index contributed by atoms with van der Waals surface area (Å²) in [6, 6.07) is 10.2. The number of rotatable bonds is 3. The standard InChI is InChI=1S/C14H14N2O4S/c1-9-6-7-10(21(15,19)20)8-12(9)16-14(18)11-4-2-3-5-13(11)17/h2-8,17H,1H3,(H,16,18)(H2,15,19,20). The lowest BCUT2D eigenvalue weighted by Gasteiger charge is -2.10. The van der Waals surface area contributed by atoms with Crippen LogP contribution >= 0.6 is 0 Å². The summed E-state index contributed by atoms with van der Waals surface area (Å²) in [4.78, 5) is 12.0. The molecule has 0 aliphatic carbocycles. The highest BCUT2D eigenvalue weighted by atomic mass is 32.2. The van der Waals surface area contributed by atoms with Gasteiger partial charge >= 0.3 is 0 Å². The molecule has 0 saturated heterocycles. The van der Waals surface area contributed by atoms with Crippen molar-refractivity contribution >= 4 is 21.6 Å². The minimum atomic E-state index is -3.85. The molecule has 110 valence electrons. The number of amides is 1. The molecule has 4 N–H and O–H groups in total. The molecule has 0 bridgehead atoms. The number of primary sulfonamides is 1. The third-order valence-electron chi connectivity index (χ3n) is 2.93. The van der Waals surface area contributed by atoms with Gasteiger partial charge in [0, 0.05) is 5.69 Å². The Morgan fingerprint density at radius 3 is 2.48 bits per heavy atom. The number of anilines is 1. The molecule has 0 aliphatic rings. The molecule has 6 nitrogen and oxygen atoms in total. The first-order chi connectivity index (χ1) is 9.79. The number of aromatic hydroxyl groups is 1. The summed E-state index contributed by atoms with van der Waals surface area (Å²) in [7, 11) is -3.85. The van der Waals surface area contributed by atoms with Gasteiger partial charge in [0.1, 0.15) is 5.75 Å². The summed E-state index contributed by atoms with van der Waals surface area (Å²) in [5.74, 6) is -0.696. The monoisotopic (exact) mass is 306 g/mol. The average molecular weight is 306 g/mol. The number of benzene rings is 2. The Bertz CT molecular complexity index is 800. The van der Waals surface area contributed by atoms with E-state index in [4.69, 9.17) is 5.14 Å². The number of aryl methyl sites for hydroxylation is 1. The zero-order valence-electron chi connectivity index (χ0n) is 11.2. The van der Waals surface area contributed by atoms with E-state index in [2.05, 4.69) is 5.32 Å². The number of hydrogen-bond donors (Lipinski definition) is 3. The molecule has 0 saturated carbocycles. The Labute approximate surface area is 122 Å². The topological polar surface area (TPSA) is 109 Å². The summed E-state index contributed by atoms with van der Waals surface area (Å²) < 4.78 is 22.7. The zero-order chi connectivity index (χ0) is 15.6. The molecule has 21 heavy (non-hydrogen) atoms. The molecule has 0 radical (unpaired) electrons. The van der Waals surface area contributed by atoms with Crippen LogP contribution in [0.4, 0.5) is 5.69 Å². The SMILES string of the molecule is Cc1ccc(S(N)(=O)=O)cc1NC(=O)c1ccccc1O. The van der Waals surface area contributed by atoms with Gasteiger partial charge in [0.15, 0.2) is 0 Å².